The van der Waals surface area contributed by atoms with Crippen LogP contribution in [0, 0.1) is 16.7 Å². The van der Waals surface area contributed by atoms with Crippen molar-refractivity contribution in [3.8, 4) is 6.07 Å². The number of fused-ring (bicyclic) bond motifs is 1. The van der Waals surface area contributed by atoms with Crippen LogP contribution in [-0.2, 0) is 6.42 Å². The topological polar surface area (TPSA) is 115 Å². The standard InChI is InChI=1S/C13H13N5O/c14-7-10(13(15)16)18-17-9-5-1-3-8-4-2-6-11(19)12(8)9/h1,3,5,17H,2,4,6H2,(H3,15,16)/b18-10+. The molecule has 0 unspecified atom stereocenters. The first-order valence-electron chi connectivity index (χ1n) is 5.86. The van der Waals surface area contributed by atoms with E-state index in [0.717, 1.165) is 18.4 Å². The second-order valence-electron chi connectivity index (χ2n) is 4.21. The zero-order chi connectivity index (χ0) is 13.8. The Hall–Kier alpha value is -2.68. The highest BCUT2D eigenvalue weighted by molar-refractivity contribution is 6.45. The quantitative estimate of drug-likeness (QED) is 0.430. The number of rotatable bonds is 3. The van der Waals surface area contributed by atoms with Crippen molar-refractivity contribution in [1.82, 2.24) is 0 Å². The van der Waals surface area contributed by atoms with Crippen LogP contribution in [0.2, 0.25) is 0 Å². The van der Waals surface area contributed by atoms with Crippen molar-refractivity contribution < 1.29 is 4.79 Å². The second kappa shape index (κ2) is 5.31. The lowest BCUT2D eigenvalue weighted by Gasteiger charge is -2.17. The minimum Gasteiger partial charge on any atom is -0.382 e. The monoisotopic (exact) mass is 255 g/mol. The van der Waals surface area contributed by atoms with Gasteiger partial charge >= 0.3 is 0 Å². The number of nitrogens with zero attached hydrogens (tertiary/aromatic N) is 2. The predicted octanol–water partition coefficient (Wildman–Crippen LogP) is 1.43. The first-order chi connectivity index (χ1) is 9.13. The van der Waals surface area contributed by atoms with E-state index in [2.05, 4.69) is 10.5 Å². The van der Waals surface area contributed by atoms with Gasteiger partial charge in [-0.25, -0.2) is 0 Å². The van der Waals surface area contributed by atoms with Gasteiger partial charge < -0.3 is 5.73 Å². The molecule has 1 aliphatic carbocycles. The Morgan fingerprint density at radius 2 is 2.26 bits per heavy atom. The summed E-state index contributed by atoms with van der Waals surface area (Å²) in [7, 11) is 0. The number of nitrogens with two attached hydrogens (primary N) is 1. The molecule has 1 aromatic carbocycles. The minimum absolute atomic E-state index is 0.0703. The Balaban J connectivity index is 2.35. The van der Waals surface area contributed by atoms with Gasteiger partial charge in [0.25, 0.3) is 0 Å². The maximum atomic E-state index is 11.9. The smallest absolute Gasteiger partial charge is 0.201 e. The number of hydrogen-bond acceptors (Lipinski definition) is 5. The van der Waals surface area contributed by atoms with E-state index in [1.54, 1.807) is 12.1 Å². The van der Waals surface area contributed by atoms with Crippen molar-refractivity contribution >= 4 is 23.0 Å². The van der Waals surface area contributed by atoms with Crippen molar-refractivity contribution in [2.75, 3.05) is 5.43 Å². The molecule has 1 aromatic rings. The van der Waals surface area contributed by atoms with Crippen LogP contribution in [0.15, 0.2) is 23.3 Å². The molecule has 96 valence electrons. The first kappa shape index (κ1) is 12.8. The maximum absolute atomic E-state index is 11.9. The fourth-order valence-electron chi connectivity index (χ4n) is 2.06. The van der Waals surface area contributed by atoms with Gasteiger partial charge in [-0.2, -0.15) is 10.4 Å². The number of Topliss-reactive ketones (excluding diaryl/α,β-unsaturated/α-hetero) is 1. The summed E-state index contributed by atoms with van der Waals surface area (Å²) >= 11 is 0. The fraction of sp³-hybridized carbons (Fsp3) is 0.231. The van der Waals surface area contributed by atoms with E-state index >= 15 is 0 Å². The molecule has 4 N–H and O–H groups in total. The zero-order valence-electron chi connectivity index (χ0n) is 10.2. The van der Waals surface area contributed by atoms with E-state index in [1.807, 2.05) is 12.1 Å². The largest absolute Gasteiger partial charge is 0.382 e. The van der Waals surface area contributed by atoms with Crippen molar-refractivity contribution in [1.29, 1.82) is 10.7 Å². The van der Waals surface area contributed by atoms with E-state index in [4.69, 9.17) is 16.4 Å². The highest BCUT2D eigenvalue weighted by Gasteiger charge is 2.20. The van der Waals surface area contributed by atoms with Crippen LogP contribution in [0.1, 0.15) is 28.8 Å². The van der Waals surface area contributed by atoms with Gasteiger partial charge in [0, 0.05) is 12.0 Å². The highest BCUT2D eigenvalue weighted by Crippen LogP contribution is 2.27. The number of nitrogens with one attached hydrogen (secondary N) is 2. The van der Waals surface area contributed by atoms with Crippen LogP contribution >= 0.6 is 0 Å². The van der Waals surface area contributed by atoms with E-state index < -0.39 is 5.84 Å². The third kappa shape index (κ3) is 2.60. The number of benzene rings is 1. The zero-order valence-corrected chi connectivity index (χ0v) is 10.2. The molecule has 0 atom stereocenters. The van der Waals surface area contributed by atoms with Gasteiger partial charge in [0.2, 0.25) is 5.71 Å². The first-order valence-corrected chi connectivity index (χ1v) is 5.86. The van der Waals surface area contributed by atoms with Crippen molar-refractivity contribution in [3.05, 3.63) is 29.3 Å². The number of hydrogen-bond donors (Lipinski definition) is 3. The van der Waals surface area contributed by atoms with Gasteiger partial charge in [0.1, 0.15) is 6.07 Å². The van der Waals surface area contributed by atoms with Crippen molar-refractivity contribution in [2.24, 2.45) is 10.8 Å². The summed E-state index contributed by atoms with van der Waals surface area (Å²) in [4.78, 5) is 11.9. The fourth-order valence-corrected chi connectivity index (χ4v) is 2.06. The number of aryl methyl sites for hydroxylation is 1. The lowest BCUT2D eigenvalue weighted by molar-refractivity contribution is 0.0973. The van der Waals surface area contributed by atoms with Gasteiger partial charge in [-0.3, -0.25) is 15.6 Å². The van der Waals surface area contributed by atoms with Crippen molar-refractivity contribution in [3.63, 3.8) is 0 Å². The third-order valence-electron chi connectivity index (χ3n) is 2.93. The van der Waals surface area contributed by atoms with E-state index in [9.17, 15) is 4.79 Å². The Bertz CT molecular complexity index is 612. The van der Waals surface area contributed by atoms with E-state index in [0.29, 0.717) is 17.7 Å². The van der Waals surface area contributed by atoms with Gasteiger partial charge in [-0.05, 0) is 24.5 Å². The number of hydrazone groups is 1. The number of anilines is 1. The van der Waals surface area contributed by atoms with E-state index in [1.165, 1.54) is 0 Å². The van der Waals surface area contributed by atoms with Gasteiger partial charge in [-0.15, -0.1) is 0 Å². The maximum Gasteiger partial charge on any atom is 0.201 e. The number of carbonyl (C=O) groups is 1. The molecule has 19 heavy (non-hydrogen) atoms. The number of carbonyl (C=O) groups excluding carboxylic acids is 1. The molecule has 0 heterocycles. The Morgan fingerprint density at radius 3 is 2.95 bits per heavy atom. The summed E-state index contributed by atoms with van der Waals surface area (Å²) in [5.41, 5.74) is 9.81. The summed E-state index contributed by atoms with van der Waals surface area (Å²) in [6, 6.07) is 7.18. The van der Waals surface area contributed by atoms with Gasteiger partial charge in [-0.1, -0.05) is 12.1 Å². The number of ketones is 1. The molecule has 0 saturated heterocycles. The van der Waals surface area contributed by atoms with E-state index in [-0.39, 0.29) is 11.5 Å². The molecule has 1 aliphatic rings. The average Bonchev–Trinajstić information content (AvgIpc) is 2.39. The molecule has 0 bridgehead atoms. The summed E-state index contributed by atoms with van der Waals surface area (Å²) in [6.45, 7) is 0. The number of nitriles is 1. The summed E-state index contributed by atoms with van der Waals surface area (Å²) in [5, 5.41) is 19.7. The Labute approximate surface area is 110 Å². The van der Waals surface area contributed by atoms with Crippen LogP contribution in [0.3, 0.4) is 0 Å². The van der Waals surface area contributed by atoms with Gasteiger partial charge in [0.05, 0.1) is 5.69 Å². The van der Waals surface area contributed by atoms with Crippen molar-refractivity contribution in [2.45, 2.75) is 19.3 Å². The highest BCUT2D eigenvalue weighted by atomic mass is 16.1. The number of amidine groups is 1. The predicted molar refractivity (Wildman–Crippen MR) is 72.3 cm³/mol. The molecule has 0 radical (unpaired) electrons. The molecule has 0 aromatic heterocycles. The second-order valence-corrected chi connectivity index (χ2v) is 4.21. The molecule has 0 saturated carbocycles. The molecular formula is C13H13N5O. The lowest BCUT2D eigenvalue weighted by Crippen LogP contribution is -2.22. The molecule has 6 nitrogen and oxygen atoms in total. The third-order valence-corrected chi connectivity index (χ3v) is 2.93. The SMILES string of the molecule is N#C/C(=N\Nc1cccc2c1C(=O)CCC2)C(=N)N. The summed E-state index contributed by atoms with van der Waals surface area (Å²) in [6.07, 6.45) is 2.24. The molecule has 2 rings (SSSR count). The van der Waals surface area contributed by atoms with Crippen LogP contribution in [0.25, 0.3) is 0 Å². The molecular weight excluding hydrogens is 242 g/mol. The van der Waals surface area contributed by atoms with Crippen LogP contribution in [-0.4, -0.2) is 17.3 Å². The van der Waals surface area contributed by atoms with Crippen LogP contribution in [0.5, 0.6) is 0 Å². The molecule has 0 amide bonds. The lowest BCUT2D eigenvalue weighted by atomic mass is 9.89. The molecule has 0 spiro atoms. The average molecular weight is 255 g/mol. The molecule has 0 aliphatic heterocycles. The summed E-state index contributed by atoms with van der Waals surface area (Å²) in [5.74, 6) is -0.341. The minimum atomic E-state index is -0.411. The van der Waals surface area contributed by atoms with Crippen LogP contribution < -0.4 is 11.2 Å². The van der Waals surface area contributed by atoms with Crippen LogP contribution in [0.4, 0.5) is 5.69 Å². The molecule has 0 fully saturated rings. The van der Waals surface area contributed by atoms with Gasteiger partial charge in [0.15, 0.2) is 11.6 Å². The summed E-state index contributed by atoms with van der Waals surface area (Å²) < 4.78 is 0. The Kier molecular flexibility index (Phi) is 3.57. The normalized spacial score (nSPS) is 14.5. The Morgan fingerprint density at radius 1 is 1.47 bits per heavy atom. The molecule has 6 heteroatoms.